The van der Waals surface area contributed by atoms with Crippen molar-refractivity contribution in [1.82, 2.24) is 14.8 Å². The molecule has 2 N–H and O–H groups in total. The van der Waals surface area contributed by atoms with Crippen LogP contribution in [-0.4, -0.2) is 31.7 Å². The third-order valence-corrected chi connectivity index (χ3v) is 5.30. The lowest BCUT2D eigenvalue weighted by atomic mass is 9.96. The van der Waals surface area contributed by atoms with Crippen LogP contribution in [0, 0.1) is 0 Å². The van der Waals surface area contributed by atoms with Crippen LogP contribution in [0.2, 0.25) is 0 Å². The lowest BCUT2D eigenvalue weighted by Gasteiger charge is -2.21. The van der Waals surface area contributed by atoms with Gasteiger partial charge in [0, 0.05) is 0 Å². The van der Waals surface area contributed by atoms with Gasteiger partial charge in [-0.25, -0.2) is 9.48 Å². The Labute approximate surface area is 146 Å². The molecule has 9 heteroatoms. The van der Waals surface area contributed by atoms with Gasteiger partial charge in [0.25, 0.3) is 5.91 Å². The van der Waals surface area contributed by atoms with Gasteiger partial charge in [0.15, 0.2) is 22.2 Å². The number of hydrogen-bond donors (Lipinski definition) is 2. The average Bonchev–Trinajstić information content (AvgIpc) is 3.31. The molecule has 1 saturated carbocycles. The molecule has 1 aliphatic rings. The van der Waals surface area contributed by atoms with Crippen LogP contribution in [0.15, 0.2) is 22.8 Å². The number of carboxylic acid groups (broad SMARTS) is 1. The number of fused-ring (bicyclic) bond motifs is 1. The lowest BCUT2D eigenvalue weighted by Crippen LogP contribution is -2.15. The highest BCUT2D eigenvalue weighted by Crippen LogP contribution is 2.35. The van der Waals surface area contributed by atoms with Crippen molar-refractivity contribution in [1.29, 1.82) is 0 Å². The number of rotatable bonds is 4. The molecule has 3 aromatic heterocycles. The van der Waals surface area contributed by atoms with E-state index in [4.69, 9.17) is 4.42 Å². The van der Waals surface area contributed by atoms with Crippen LogP contribution >= 0.6 is 11.3 Å². The van der Waals surface area contributed by atoms with Crippen LogP contribution < -0.4 is 5.32 Å². The van der Waals surface area contributed by atoms with Crippen molar-refractivity contribution in [2.24, 2.45) is 0 Å². The van der Waals surface area contributed by atoms with E-state index in [1.165, 1.54) is 12.7 Å². The average molecular weight is 360 g/mol. The first-order valence-electron chi connectivity index (χ1n) is 8.10. The molecule has 3 heterocycles. The first-order chi connectivity index (χ1) is 12.1. The molecule has 3 aromatic rings. The van der Waals surface area contributed by atoms with Crippen LogP contribution in [0.3, 0.4) is 0 Å². The van der Waals surface area contributed by atoms with E-state index in [-0.39, 0.29) is 17.5 Å². The summed E-state index contributed by atoms with van der Waals surface area (Å²) >= 11 is 1.11. The number of carboxylic acids is 1. The van der Waals surface area contributed by atoms with E-state index in [2.05, 4.69) is 15.4 Å². The molecule has 0 aromatic carbocycles. The van der Waals surface area contributed by atoms with Gasteiger partial charge < -0.3 is 9.52 Å². The van der Waals surface area contributed by atoms with E-state index >= 15 is 0 Å². The summed E-state index contributed by atoms with van der Waals surface area (Å²) in [6.45, 7) is 0. The zero-order chi connectivity index (χ0) is 17.4. The molecule has 1 aliphatic carbocycles. The van der Waals surface area contributed by atoms with E-state index < -0.39 is 11.9 Å². The van der Waals surface area contributed by atoms with Crippen molar-refractivity contribution in [3.63, 3.8) is 0 Å². The first-order valence-corrected chi connectivity index (χ1v) is 8.92. The number of thiazole rings is 1. The van der Waals surface area contributed by atoms with E-state index in [0.29, 0.717) is 15.5 Å². The summed E-state index contributed by atoms with van der Waals surface area (Å²) in [5.74, 6) is -1.34. The Bertz CT molecular complexity index is 922. The Morgan fingerprint density at radius 3 is 2.80 bits per heavy atom. The molecule has 0 radical (unpaired) electrons. The lowest BCUT2D eigenvalue weighted by molar-refractivity contribution is 0.0691. The molecule has 0 unspecified atom stereocenters. The van der Waals surface area contributed by atoms with Crippen molar-refractivity contribution in [2.45, 2.75) is 38.1 Å². The fourth-order valence-electron chi connectivity index (χ4n) is 3.16. The summed E-state index contributed by atoms with van der Waals surface area (Å²) < 4.78 is 7.26. The predicted octanol–water partition coefficient (Wildman–Crippen LogP) is 3.54. The van der Waals surface area contributed by atoms with Crippen LogP contribution in [0.1, 0.15) is 59.2 Å². The van der Waals surface area contributed by atoms with Crippen LogP contribution in [-0.2, 0) is 0 Å². The van der Waals surface area contributed by atoms with Crippen molar-refractivity contribution in [3.8, 4) is 0 Å². The van der Waals surface area contributed by atoms with Crippen LogP contribution in [0.5, 0.6) is 0 Å². The van der Waals surface area contributed by atoms with Gasteiger partial charge in [0.1, 0.15) is 4.70 Å². The largest absolute Gasteiger partial charge is 0.476 e. The molecule has 4 rings (SSSR count). The number of furan rings is 1. The molecule has 0 saturated heterocycles. The molecule has 0 aliphatic heterocycles. The summed E-state index contributed by atoms with van der Waals surface area (Å²) in [5, 5.41) is 16.7. The maximum atomic E-state index is 12.1. The highest BCUT2D eigenvalue weighted by Gasteiger charge is 2.26. The standard InChI is InChI=1S/C16H16N4O4S/c21-14(10-7-4-8-24-10)18-16-17-13-12(25-16)11(15(22)23)19-20(13)9-5-2-1-3-6-9/h4,7-9H,1-3,5-6H2,(H,22,23)(H,17,18,21). The number of nitrogens with zero attached hydrogens (tertiary/aromatic N) is 3. The predicted molar refractivity (Wildman–Crippen MR) is 91.1 cm³/mol. The molecule has 130 valence electrons. The number of aromatic carboxylic acids is 1. The Hall–Kier alpha value is -2.68. The third kappa shape index (κ3) is 2.91. The fraction of sp³-hybridized carbons (Fsp3) is 0.375. The van der Waals surface area contributed by atoms with Gasteiger partial charge in [-0.15, -0.1) is 0 Å². The topological polar surface area (TPSA) is 110 Å². The number of aromatic nitrogens is 3. The van der Waals surface area contributed by atoms with Gasteiger partial charge >= 0.3 is 5.97 Å². The third-order valence-electron chi connectivity index (χ3n) is 4.34. The highest BCUT2D eigenvalue weighted by atomic mass is 32.1. The molecule has 8 nitrogen and oxygen atoms in total. The van der Waals surface area contributed by atoms with Crippen LogP contribution in [0.25, 0.3) is 10.3 Å². The zero-order valence-corrected chi connectivity index (χ0v) is 14.1. The molecular weight excluding hydrogens is 344 g/mol. The molecule has 0 bridgehead atoms. The second-order valence-electron chi connectivity index (χ2n) is 5.99. The van der Waals surface area contributed by atoms with Gasteiger partial charge in [0.2, 0.25) is 0 Å². The quantitative estimate of drug-likeness (QED) is 0.736. The summed E-state index contributed by atoms with van der Waals surface area (Å²) in [6, 6.07) is 3.33. The summed E-state index contributed by atoms with van der Waals surface area (Å²) in [7, 11) is 0. The van der Waals surface area contributed by atoms with Gasteiger partial charge in [0.05, 0.1) is 12.3 Å². The van der Waals surface area contributed by atoms with E-state index in [0.717, 1.165) is 37.0 Å². The molecule has 0 atom stereocenters. The maximum absolute atomic E-state index is 12.1. The monoisotopic (exact) mass is 360 g/mol. The van der Waals surface area contributed by atoms with Crippen molar-refractivity contribution >= 4 is 38.7 Å². The first kappa shape index (κ1) is 15.8. The Morgan fingerprint density at radius 1 is 1.32 bits per heavy atom. The Balaban J connectivity index is 1.70. The normalized spacial score (nSPS) is 15.5. The van der Waals surface area contributed by atoms with E-state index in [1.807, 2.05) is 0 Å². The molecule has 0 spiro atoms. The highest BCUT2D eigenvalue weighted by molar-refractivity contribution is 7.22. The van der Waals surface area contributed by atoms with E-state index in [9.17, 15) is 14.7 Å². The second-order valence-corrected chi connectivity index (χ2v) is 6.99. The number of carbonyl (C=O) groups is 2. The zero-order valence-electron chi connectivity index (χ0n) is 13.3. The summed E-state index contributed by atoms with van der Waals surface area (Å²) in [4.78, 5) is 28.1. The van der Waals surface area contributed by atoms with Crippen molar-refractivity contribution in [2.75, 3.05) is 5.32 Å². The maximum Gasteiger partial charge on any atom is 0.357 e. The number of hydrogen-bond acceptors (Lipinski definition) is 6. The van der Waals surface area contributed by atoms with Gasteiger partial charge in [-0.3, -0.25) is 10.1 Å². The Morgan fingerprint density at radius 2 is 2.12 bits per heavy atom. The minimum Gasteiger partial charge on any atom is -0.476 e. The van der Waals surface area contributed by atoms with Crippen molar-refractivity contribution < 1.29 is 19.1 Å². The minimum atomic E-state index is -1.09. The Kier molecular flexibility index (Phi) is 4.00. The SMILES string of the molecule is O=C(Nc1nc2c(s1)c(C(=O)O)nn2C1CCCCC1)c1ccco1. The van der Waals surface area contributed by atoms with Gasteiger partial charge in [-0.2, -0.15) is 10.1 Å². The molecular formula is C16H16N4O4S. The molecule has 1 amide bonds. The number of anilines is 1. The van der Waals surface area contributed by atoms with Gasteiger partial charge in [-0.1, -0.05) is 30.6 Å². The second kappa shape index (κ2) is 6.32. The smallest absolute Gasteiger partial charge is 0.357 e. The molecule has 25 heavy (non-hydrogen) atoms. The van der Waals surface area contributed by atoms with Gasteiger partial charge in [-0.05, 0) is 25.0 Å². The van der Waals surface area contributed by atoms with Crippen molar-refractivity contribution in [3.05, 3.63) is 29.9 Å². The number of carbonyl (C=O) groups excluding carboxylic acids is 1. The van der Waals surface area contributed by atoms with E-state index in [1.54, 1.807) is 16.8 Å². The summed E-state index contributed by atoms with van der Waals surface area (Å²) in [6.07, 6.45) is 6.72. The minimum absolute atomic E-state index is 0.0171. The summed E-state index contributed by atoms with van der Waals surface area (Å²) in [5.41, 5.74) is 0.501. The number of nitrogens with one attached hydrogen (secondary N) is 1. The van der Waals surface area contributed by atoms with Crippen LogP contribution in [0.4, 0.5) is 5.13 Å². The molecule has 1 fully saturated rings. The number of amides is 1. The fourth-order valence-corrected chi connectivity index (χ4v) is 4.09.